The number of carbonyl (C=O) groups excluding carboxylic acids is 1. The highest BCUT2D eigenvalue weighted by molar-refractivity contribution is 5.81. The number of hydrogen-bond donors (Lipinski definition) is 3. The Hall–Kier alpha value is -2.30. The van der Waals surface area contributed by atoms with Crippen molar-refractivity contribution in [2.75, 3.05) is 12.3 Å². The van der Waals surface area contributed by atoms with Gasteiger partial charge in [0.25, 0.3) is 0 Å². The summed E-state index contributed by atoms with van der Waals surface area (Å²) >= 11 is 0. The maximum atomic E-state index is 10.1. The SMILES string of the molecule is Nc1ncnc2c1ncn2[C@@H]1O[C@H](CO[14C]=O)[C@@H](O)[C@H]1O. The smallest absolute Gasteiger partial charge is 0.417 e. The minimum absolute atomic E-state index is 0.197. The van der Waals surface area contributed by atoms with Crippen LogP contribution in [0.4, 0.5) is 5.82 Å². The molecule has 10 heteroatoms. The van der Waals surface area contributed by atoms with Gasteiger partial charge in [0.15, 0.2) is 17.7 Å². The highest BCUT2D eigenvalue weighted by Crippen LogP contribution is 2.31. The largest absolute Gasteiger partial charge is 0.454 e. The van der Waals surface area contributed by atoms with Gasteiger partial charge in [0.05, 0.1) is 6.33 Å². The molecule has 1 saturated heterocycles. The molecule has 3 heterocycles. The van der Waals surface area contributed by atoms with E-state index in [1.165, 1.54) is 23.7 Å². The van der Waals surface area contributed by atoms with Crippen LogP contribution < -0.4 is 5.73 Å². The number of imidazole rings is 1. The van der Waals surface area contributed by atoms with Crippen molar-refractivity contribution in [2.24, 2.45) is 0 Å². The lowest BCUT2D eigenvalue weighted by atomic mass is 10.1. The van der Waals surface area contributed by atoms with Crippen LogP contribution in [-0.2, 0) is 14.3 Å². The van der Waals surface area contributed by atoms with E-state index in [9.17, 15) is 15.0 Å². The highest BCUT2D eigenvalue weighted by Gasteiger charge is 2.44. The minimum Gasteiger partial charge on any atom is -0.454 e. The fraction of sp³-hybridized carbons (Fsp3) is 0.455. The van der Waals surface area contributed by atoms with Crippen LogP contribution in [0.15, 0.2) is 12.7 Å². The zero-order valence-electron chi connectivity index (χ0n) is 10.7. The number of nitrogens with two attached hydrogens (primary N) is 1. The zero-order chi connectivity index (χ0) is 15.0. The van der Waals surface area contributed by atoms with Gasteiger partial charge in [-0.25, -0.2) is 19.7 Å². The molecule has 0 unspecified atom stereocenters. The number of anilines is 1. The number of fused-ring (bicyclic) bond motifs is 1. The fourth-order valence-electron chi connectivity index (χ4n) is 2.27. The molecule has 0 spiro atoms. The van der Waals surface area contributed by atoms with Crippen LogP contribution in [0.25, 0.3) is 11.2 Å². The number of aromatic nitrogens is 4. The summed E-state index contributed by atoms with van der Waals surface area (Å²) in [6.45, 7) is 1.02. The molecule has 1 radical (unpaired) electrons. The molecule has 1 fully saturated rings. The van der Waals surface area contributed by atoms with Crippen molar-refractivity contribution in [3.63, 3.8) is 0 Å². The molecule has 2 aromatic rings. The van der Waals surface area contributed by atoms with Gasteiger partial charge in [0, 0.05) is 0 Å². The van der Waals surface area contributed by atoms with Crippen molar-refractivity contribution in [1.29, 1.82) is 0 Å². The van der Waals surface area contributed by atoms with Crippen molar-refractivity contribution >= 4 is 23.5 Å². The number of aliphatic hydroxyl groups is 2. The monoisotopic (exact) mass is 296 g/mol. The summed E-state index contributed by atoms with van der Waals surface area (Å²) in [5.74, 6) is 0.197. The van der Waals surface area contributed by atoms with E-state index in [2.05, 4.69) is 19.7 Å². The van der Waals surface area contributed by atoms with Gasteiger partial charge in [0.1, 0.15) is 36.8 Å². The fourth-order valence-corrected chi connectivity index (χ4v) is 2.27. The van der Waals surface area contributed by atoms with Crippen LogP contribution in [-0.4, -0.2) is 61.1 Å². The molecule has 4 atom stereocenters. The summed E-state index contributed by atoms with van der Waals surface area (Å²) < 4.78 is 11.4. The Bertz CT molecular complexity index is 661. The van der Waals surface area contributed by atoms with Gasteiger partial charge in [-0.3, -0.25) is 4.57 Å². The van der Waals surface area contributed by atoms with E-state index in [1.54, 1.807) is 0 Å². The van der Waals surface area contributed by atoms with Gasteiger partial charge in [-0.1, -0.05) is 0 Å². The van der Waals surface area contributed by atoms with E-state index in [4.69, 9.17) is 10.5 Å². The third-order valence-corrected chi connectivity index (χ3v) is 3.30. The molecule has 0 amide bonds. The average molecular weight is 296 g/mol. The molecular weight excluding hydrogens is 284 g/mol. The molecule has 0 saturated carbocycles. The predicted molar refractivity (Wildman–Crippen MR) is 67.3 cm³/mol. The lowest BCUT2D eigenvalue weighted by Crippen LogP contribution is -2.33. The topological polar surface area (TPSA) is 146 Å². The molecule has 0 aliphatic carbocycles. The summed E-state index contributed by atoms with van der Waals surface area (Å²) in [5.41, 5.74) is 6.41. The first kappa shape index (κ1) is 13.7. The second-order valence-electron chi connectivity index (χ2n) is 4.52. The van der Waals surface area contributed by atoms with E-state index in [0.717, 1.165) is 0 Å². The number of hydrogen-bond acceptors (Lipinski definition) is 9. The molecule has 3 rings (SSSR count). The molecule has 0 bridgehead atoms. The first-order valence-electron chi connectivity index (χ1n) is 6.07. The van der Waals surface area contributed by atoms with Crippen molar-refractivity contribution < 1.29 is 24.5 Å². The van der Waals surface area contributed by atoms with Crippen LogP contribution in [0.3, 0.4) is 0 Å². The lowest BCUT2D eigenvalue weighted by molar-refractivity contribution is -0.0492. The summed E-state index contributed by atoms with van der Waals surface area (Å²) in [4.78, 5) is 22.0. The van der Waals surface area contributed by atoms with E-state index < -0.39 is 24.5 Å². The number of nitrogen functional groups attached to an aromatic ring is 1. The first-order valence-corrected chi connectivity index (χ1v) is 6.07. The van der Waals surface area contributed by atoms with Gasteiger partial charge in [-0.15, -0.1) is 0 Å². The summed E-state index contributed by atoms with van der Waals surface area (Å²) in [7, 11) is 0. The van der Waals surface area contributed by atoms with Gasteiger partial charge < -0.3 is 25.4 Å². The molecule has 2 aromatic heterocycles. The highest BCUT2D eigenvalue weighted by atomic mass is 16.7. The maximum absolute atomic E-state index is 10.1. The number of rotatable bonds is 4. The molecule has 0 aromatic carbocycles. The summed E-state index contributed by atoms with van der Waals surface area (Å²) in [5, 5.41) is 20.0. The summed E-state index contributed by atoms with van der Waals surface area (Å²) in [6, 6.07) is 0. The Kier molecular flexibility index (Phi) is 3.41. The van der Waals surface area contributed by atoms with Crippen LogP contribution in [0.1, 0.15) is 6.23 Å². The van der Waals surface area contributed by atoms with Crippen LogP contribution >= 0.6 is 0 Å². The number of nitrogens with zero attached hydrogens (tertiary/aromatic N) is 4. The second-order valence-corrected chi connectivity index (χ2v) is 4.52. The van der Waals surface area contributed by atoms with Gasteiger partial charge >= 0.3 is 6.47 Å². The first-order chi connectivity index (χ1) is 10.1. The third kappa shape index (κ3) is 2.18. The van der Waals surface area contributed by atoms with Gasteiger partial charge in [-0.2, -0.15) is 0 Å². The Labute approximate surface area is 118 Å². The number of aliphatic hydroxyl groups excluding tert-OH is 2. The molecule has 1 aliphatic rings. The van der Waals surface area contributed by atoms with Crippen molar-refractivity contribution in [2.45, 2.75) is 24.5 Å². The molecular formula is C11H12N5O5. The quantitative estimate of drug-likeness (QED) is 0.589. The number of ether oxygens (including phenoxy) is 2. The Morgan fingerprint density at radius 1 is 1.38 bits per heavy atom. The molecule has 10 nitrogen and oxygen atoms in total. The Morgan fingerprint density at radius 3 is 2.95 bits per heavy atom. The van der Waals surface area contributed by atoms with E-state index in [1.807, 2.05) is 0 Å². The van der Waals surface area contributed by atoms with E-state index >= 15 is 0 Å². The van der Waals surface area contributed by atoms with Crippen molar-refractivity contribution in [1.82, 2.24) is 19.5 Å². The zero-order valence-corrected chi connectivity index (χ0v) is 10.7. The normalized spacial score (nSPS) is 28.9. The molecule has 4 N–H and O–H groups in total. The van der Waals surface area contributed by atoms with E-state index in [-0.39, 0.29) is 12.4 Å². The Morgan fingerprint density at radius 2 is 2.19 bits per heavy atom. The van der Waals surface area contributed by atoms with E-state index in [0.29, 0.717) is 11.2 Å². The molecule has 21 heavy (non-hydrogen) atoms. The Balaban J connectivity index is 1.92. The van der Waals surface area contributed by atoms with Crippen molar-refractivity contribution in [3.05, 3.63) is 12.7 Å². The van der Waals surface area contributed by atoms with Gasteiger partial charge in [0.2, 0.25) is 0 Å². The molecule has 111 valence electrons. The van der Waals surface area contributed by atoms with Crippen molar-refractivity contribution in [3.8, 4) is 0 Å². The van der Waals surface area contributed by atoms with Crippen LogP contribution in [0.5, 0.6) is 0 Å². The second kappa shape index (κ2) is 5.24. The average Bonchev–Trinajstić information content (AvgIpc) is 3.02. The summed E-state index contributed by atoms with van der Waals surface area (Å²) in [6.07, 6.45) is -1.62. The predicted octanol–water partition coefficient (Wildman–Crippen LogP) is -1.89. The lowest BCUT2D eigenvalue weighted by Gasteiger charge is -2.16. The third-order valence-electron chi connectivity index (χ3n) is 3.30. The maximum Gasteiger partial charge on any atom is 0.417 e. The minimum atomic E-state index is -1.24. The molecule has 1 aliphatic heterocycles. The van der Waals surface area contributed by atoms with Gasteiger partial charge in [-0.05, 0) is 0 Å². The van der Waals surface area contributed by atoms with Crippen LogP contribution in [0.2, 0.25) is 0 Å². The van der Waals surface area contributed by atoms with Crippen LogP contribution in [0, 0.1) is 0 Å². The standard InChI is InChI=1S/C11H12N5O5/c12-9-6-10(14-2-13-9)16(3-15-6)11-8(19)7(18)5(21-11)1-20-4-17/h2-3,5,7-8,11,18-19H,1H2,(H2,12,13,14)/t5-,7-,8-,11-/m1/s1/i4+2.